The van der Waals surface area contributed by atoms with E-state index in [4.69, 9.17) is 0 Å². The number of hydrogen-bond acceptors (Lipinski definition) is 3. The molecule has 2 saturated heterocycles. The van der Waals surface area contributed by atoms with Gasteiger partial charge >= 0.3 is 0 Å². The summed E-state index contributed by atoms with van der Waals surface area (Å²) in [5, 5.41) is 10.9. The van der Waals surface area contributed by atoms with Crippen LogP contribution in [-0.2, 0) is 0 Å². The summed E-state index contributed by atoms with van der Waals surface area (Å²) in [4.78, 5) is 2.40. The van der Waals surface area contributed by atoms with Crippen LogP contribution in [0.3, 0.4) is 0 Å². The fourth-order valence-electron chi connectivity index (χ4n) is 2.14. The van der Waals surface area contributed by atoms with Crippen LogP contribution in [0.4, 0.5) is 0 Å². The fourth-order valence-corrected chi connectivity index (χ4v) is 2.14. The van der Waals surface area contributed by atoms with Crippen LogP contribution in [0.15, 0.2) is 0 Å². The third-order valence-corrected chi connectivity index (χ3v) is 2.76. The van der Waals surface area contributed by atoms with Crippen molar-refractivity contribution in [3.63, 3.8) is 0 Å². The van der Waals surface area contributed by atoms with Crippen molar-refractivity contribution in [2.75, 3.05) is 19.6 Å². The zero-order valence-electron chi connectivity index (χ0n) is 6.87. The summed E-state index contributed by atoms with van der Waals surface area (Å²) in [7, 11) is 0. The maximum atomic E-state index is 9.44. The highest BCUT2D eigenvalue weighted by molar-refractivity contribution is 4.78. The monoisotopic (exact) mass is 156 g/mol. The summed E-state index contributed by atoms with van der Waals surface area (Å²) in [6.07, 6.45) is 5.26. The van der Waals surface area contributed by atoms with Crippen molar-refractivity contribution >= 4 is 0 Å². The van der Waals surface area contributed by atoms with Crippen LogP contribution in [0.5, 0.6) is 0 Å². The molecule has 0 saturated carbocycles. The van der Waals surface area contributed by atoms with Crippen LogP contribution in [0, 0.1) is 0 Å². The van der Waals surface area contributed by atoms with Gasteiger partial charge in [0.15, 0.2) is 0 Å². The third-order valence-electron chi connectivity index (χ3n) is 2.76. The molecule has 0 aromatic heterocycles. The van der Waals surface area contributed by atoms with E-state index in [9.17, 15) is 5.21 Å². The lowest BCUT2D eigenvalue weighted by Gasteiger charge is -2.27. The minimum absolute atomic E-state index is 0.345. The van der Waals surface area contributed by atoms with Gasteiger partial charge in [0.05, 0.1) is 6.17 Å². The maximum Gasteiger partial charge on any atom is 0.0866 e. The zero-order valence-corrected chi connectivity index (χ0v) is 6.87. The molecule has 0 aromatic rings. The van der Waals surface area contributed by atoms with Crippen LogP contribution in [0.2, 0.25) is 0 Å². The molecule has 2 aliphatic rings. The molecule has 64 valence electrons. The van der Waals surface area contributed by atoms with Crippen LogP contribution >= 0.6 is 0 Å². The van der Waals surface area contributed by atoms with E-state index >= 15 is 0 Å². The number of hydroxylamine groups is 2. The van der Waals surface area contributed by atoms with Gasteiger partial charge in [-0.05, 0) is 38.8 Å². The van der Waals surface area contributed by atoms with E-state index in [1.54, 1.807) is 0 Å². The van der Waals surface area contributed by atoms with Crippen molar-refractivity contribution in [2.24, 2.45) is 0 Å². The lowest BCUT2D eigenvalue weighted by atomic mass is 10.3. The van der Waals surface area contributed by atoms with Gasteiger partial charge in [-0.2, -0.15) is 5.06 Å². The van der Waals surface area contributed by atoms with Crippen molar-refractivity contribution in [2.45, 2.75) is 31.8 Å². The second kappa shape index (κ2) is 3.09. The number of hydrogen-bond donors (Lipinski definition) is 1. The number of nitrogens with zero attached hydrogens (tertiary/aromatic N) is 2. The third kappa shape index (κ3) is 1.41. The van der Waals surface area contributed by atoms with Gasteiger partial charge in [-0.15, -0.1) is 0 Å². The zero-order chi connectivity index (χ0) is 7.68. The van der Waals surface area contributed by atoms with Gasteiger partial charge in [0.2, 0.25) is 0 Å². The van der Waals surface area contributed by atoms with E-state index in [1.165, 1.54) is 31.0 Å². The minimum Gasteiger partial charge on any atom is -0.312 e. The van der Waals surface area contributed by atoms with E-state index in [2.05, 4.69) is 4.90 Å². The van der Waals surface area contributed by atoms with Crippen molar-refractivity contribution in [1.82, 2.24) is 9.96 Å². The van der Waals surface area contributed by atoms with Gasteiger partial charge in [0.25, 0.3) is 0 Å². The first-order valence-corrected chi connectivity index (χ1v) is 4.57. The Kier molecular flexibility index (Phi) is 2.11. The average Bonchev–Trinajstić information content (AvgIpc) is 2.55. The van der Waals surface area contributed by atoms with Gasteiger partial charge < -0.3 is 5.21 Å². The molecular formula is C8H16N2O. The average molecular weight is 156 g/mol. The Morgan fingerprint density at radius 1 is 1.00 bits per heavy atom. The van der Waals surface area contributed by atoms with Crippen molar-refractivity contribution in [1.29, 1.82) is 0 Å². The van der Waals surface area contributed by atoms with Gasteiger partial charge in [-0.25, -0.2) is 0 Å². The molecule has 1 unspecified atom stereocenters. The molecule has 0 aromatic carbocycles. The van der Waals surface area contributed by atoms with Crippen molar-refractivity contribution in [3.8, 4) is 0 Å². The molecule has 0 aliphatic carbocycles. The lowest BCUT2D eigenvalue weighted by Crippen LogP contribution is -2.41. The van der Waals surface area contributed by atoms with E-state index in [0.29, 0.717) is 6.17 Å². The fraction of sp³-hybridized carbons (Fsp3) is 1.00. The molecule has 3 heteroatoms. The highest BCUT2D eigenvalue weighted by atomic mass is 16.5. The molecule has 11 heavy (non-hydrogen) atoms. The molecule has 0 spiro atoms. The number of likely N-dealkylation sites (tertiary alicyclic amines) is 1. The van der Waals surface area contributed by atoms with Crippen LogP contribution in [0.25, 0.3) is 0 Å². The summed E-state index contributed by atoms with van der Waals surface area (Å²) in [6.45, 7) is 3.23. The van der Waals surface area contributed by atoms with Gasteiger partial charge in [0, 0.05) is 6.54 Å². The summed E-state index contributed by atoms with van der Waals surface area (Å²) in [6, 6.07) is 0. The summed E-state index contributed by atoms with van der Waals surface area (Å²) < 4.78 is 0. The second-order valence-corrected chi connectivity index (χ2v) is 3.53. The molecule has 2 rings (SSSR count). The Balaban J connectivity index is 1.92. The number of rotatable bonds is 1. The van der Waals surface area contributed by atoms with E-state index < -0.39 is 0 Å². The van der Waals surface area contributed by atoms with Gasteiger partial charge in [-0.1, -0.05) is 0 Å². The van der Waals surface area contributed by atoms with Gasteiger partial charge in [0.1, 0.15) is 0 Å². The Bertz CT molecular complexity index is 134. The summed E-state index contributed by atoms with van der Waals surface area (Å²) in [5.41, 5.74) is 0. The molecule has 1 N–H and O–H groups in total. The Morgan fingerprint density at radius 2 is 1.73 bits per heavy atom. The van der Waals surface area contributed by atoms with E-state index in [1.807, 2.05) is 0 Å². The maximum absolute atomic E-state index is 9.44. The van der Waals surface area contributed by atoms with E-state index in [-0.39, 0.29) is 0 Å². The molecular weight excluding hydrogens is 140 g/mol. The van der Waals surface area contributed by atoms with Crippen molar-refractivity contribution < 1.29 is 5.21 Å². The normalized spacial score (nSPS) is 35.2. The van der Waals surface area contributed by atoms with Gasteiger partial charge in [-0.3, -0.25) is 4.90 Å². The Labute approximate surface area is 67.6 Å². The molecule has 2 fully saturated rings. The molecule has 0 radical (unpaired) electrons. The first kappa shape index (κ1) is 7.53. The minimum atomic E-state index is 0.345. The van der Waals surface area contributed by atoms with Crippen LogP contribution in [-0.4, -0.2) is 41.0 Å². The SMILES string of the molecule is ON1CCCC1N1CCCC1. The predicted molar refractivity (Wildman–Crippen MR) is 42.3 cm³/mol. The largest absolute Gasteiger partial charge is 0.312 e. The van der Waals surface area contributed by atoms with Crippen LogP contribution < -0.4 is 0 Å². The Morgan fingerprint density at radius 3 is 2.27 bits per heavy atom. The molecule has 3 nitrogen and oxygen atoms in total. The topological polar surface area (TPSA) is 26.7 Å². The molecule has 2 aliphatic heterocycles. The lowest BCUT2D eigenvalue weighted by molar-refractivity contribution is -0.143. The van der Waals surface area contributed by atoms with E-state index in [0.717, 1.165) is 19.4 Å². The summed E-state index contributed by atoms with van der Waals surface area (Å²) >= 11 is 0. The molecule has 0 bridgehead atoms. The molecule has 0 amide bonds. The molecule has 2 heterocycles. The highest BCUT2D eigenvalue weighted by Gasteiger charge is 2.29. The highest BCUT2D eigenvalue weighted by Crippen LogP contribution is 2.22. The standard InChI is InChI=1S/C8H16N2O/c11-10-7-3-4-8(10)9-5-1-2-6-9/h8,11H,1-7H2. The summed E-state index contributed by atoms with van der Waals surface area (Å²) in [5.74, 6) is 0. The first-order chi connectivity index (χ1) is 5.38. The predicted octanol–water partition coefficient (Wildman–Crippen LogP) is 0.893. The van der Waals surface area contributed by atoms with Crippen molar-refractivity contribution in [3.05, 3.63) is 0 Å². The first-order valence-electron chi connectivity index (χ1n) is 4.57. The molecule has 1 atom stereocenters. The second-order valence-electron chi connectivity index (χ2n) is 3.53. The van der Waals surface area contributed by atoms with Crippen LogP contribution in [0.1, 0.15) is 25.7 Å². The smallest absolute Gasteiger partial charge is 0.0866 e. The quantitative estimate of drug-likeness (QED) is 0.611. The Hall–Kier alpha value is -0.120.